The average molecular weight is 449 g/mol. The van der Waals surface area contributed by atoms with Crippen LogP contribution in [0.4, 0.5) is 0 Å². The summed E-state index contributed by atoms with van der Waals surface area (Å²) in [6.07, 6.45) is 2.18. The first kappa shape index (κ1) is 22.3. The summed E-state index contributed by atoms with van der Waals surface area (Å²) in [5.41, 5.74) is 4.65. The van der Waals surface area contributed by atoms with Crippen LogP contribution in [0.3, 0.4) is 0 Å². The van der Waals surface area contributed by atoms with Crippen LogP contribution in [0.2, 0.25) is 0 Å². The van der Waals surface area contributed by atoms with Gasteiger partial charge in [0.25, 0.3) is 0 Å². The van der Waals surface area contributed by atoms with Crippen molar-refractivity contribution in [3.63, 3.8) is 0 Å². The Morgan fingerprint density at radius 3 is 2.60 bits per heavy atom. The topological polar surface area (TPSA) is 47.0 Å². The quantitative estimate of drug-likeness (QED) is 0.295. The SMILES string of the molecule is CC[NH+](CC)CC[n+]1c2ccccc2n2cc(-c3ccc4c(c3)OCO4)[nH]c21.[Cl-].[Cl-]. The van der Waals surface area contributed by atoms with Crippen LogP contribution in [0.15, 0.2) is 48.7 Å². The second kappa shape index (κ2) is 9.16. The summed E-state index contributed by atoms with van der Waals surface area (Å²) in [5.74, 6) is 2.73. The lowest BCUT2D eigenvalue weighted by Gasteiger charge is -2.14. The van der Waals surface area contributed by atoms with Crippen molar-refractivity contribution in [3.05, 3.63) is 48.7 Å². The van der Waals surface area contributed by atoms with E-state index < -0.39 is 0 Å². The molecule has 160 valence electrons. The summed E-state index contributed by atoms with van der Waals surface area (Å²) in [6.45, 7) is 9.20. The van der Waals surface area contributed by atoms with E-state index in [1.807, 2.05) is 12.1 Å². The second-order valence-corrected chi connectivity index (χ2v) is 7.28. The normalized spacial score (nSPS) is 12.4. The van der Waals surface area contributed by atoms with Crippen LogP contribution in [0.1, 0.15) is 13.8 Å². The zero-order valence-electron chi connectivity index (χ0n) is 17.1. The van der Waals surface area contributed by atoms with Crippen molar-refractivity contribution < 1.29 is 43.8 Å². The van der Waals surface area contributed by atoms with Gasteiger partial charge in [-0.2, -0.15) is 4.40 Å². The van der Waals surface area contributed by atoms with Gasteiger partial charge in [0.15, 0.2) is 11.5 Å². The molecule has 30 heavy (non-hydrogen) atoms. The van der Waals surface area contributed by atoms with Gasteiger partial charge in [0, 0.05) is 5.56 Å². The smallest absolute Gasteiger partial charge is 0.368 e. The number of aromatic amines is 1. The number of benzene rings is 2. The average Bonchev–Trinajstić information content (AvgIpc) is 3.43. The van der Waals surface area contributed by atoms with Crippen molar-refractivity contribution in [2.75, 3.05) is 26.4 Å². The number of quaternary nitrogens is 1. The number of rotatable bonds is 6. The van der Waals surface area contributed by atoms with E-state index in [0.29, 0.717) is 6.79 Å². The molecular weight excluding hydrogens is 423 g/mol. The number of hydrogen-bond donors (Lipinski definition) is 2. The highest BCUT2D eigenvalue weighted by molar-refractivity contribution is 5.77. The van der Waals surface area contributed by atoms with Gasteiger partial charge in [0.2, 0.25) is 6.79 Å². The van der Waals surface area contributed by atoms with Crippen molar-refractivity contribution in [1.82, 2.24) is 9.38 Å². The Kier molecular flexibility index (Phi) is 6.81. The molecule has 0 amide bonds. The number of nitrogens with zero attached hydrogens (tertiary/aromatic N) is 2. The molecule has 6 nitrogen and oxygen atoms in total. The Hall–Kier alpha value is -2.41. The minimum absolute atomic E-state index is 0. The number of aromatic nitrogens is 3. The lowest BCUT2D eigenvalue weighted by molar-refractivity contribution is -0.912. The first-order valence-electron chi connectivity index (χ1n) is 10.0. The van der Waals surface area contributed by atoms with Crippen LogP contribution < -0.4 is 43.8 Å². The summed E-state index contributed by atoms with van der Waals surface area (Å²) in [4.78, 5) is 5.25. The fourth-order valence-electron chi connectivity index (χ4n) is 4.11. The number of nitrogens with one attached hydrogen (secondary N) is 2. The van der Waals surface area contributed by atoms with Gasteiger partial charge in [0.05, 0.1) is 13.1 Å². The maximum atomic E-state index is 5.55. The number of para-hydroxylation sites is 2. The van der Waals surface area contributed by atoms with Crippen LogP contribution >= 0.6 is 0 Å². The zero-order valence-corrected chi connectivity index (χ0v) is 18.6. The van der Waals surface area contributed by atoms with Gasteiger partial charge in [-0.25, -0.2) is 9.55 Å². The third kappa shape index (κ3) is 3.71. The molecule has 0 fully saturated rings. The molecular formula is C22H26Cl2N4O2. The monoisotopic (exact) mass is 448 g/mol. The molecule has 0 saturated heterocycles. The second-order valence-electron chi connectivity index (χ2n) is 7.28. The molecule has 0 bridgehead atoms. The van der Waals surface area contributed by atoms with Crippen molar-refractivity contribution in [1.29, 1.82) is 0 Å². The standard InChI is InChI=1S/C22H24N4O2.2ClH/c1-3-24(4-2)11-12-25-18-7-5-6-8-19(18)26-14-17(23-22(25)26)16-9-10-20-21(13-16)28-15-27-20;;/h5-10,13-14H,3-4,11-12,15H2,1-2H3;2*1H. The van der Waals surface area contributed by atoms with Gasteiger partial charge in [-0.1, -0.05) is 12.1 Å². The van der Waals surface area contributed by atoms with Gasteiger partial charge in [-0.05, 0) is 44.2 Å². The Bertz CT molecular complexity index is 1150. The number of ether oxygens (including phenoxy) is 2. The fourth-order valence-corrected chi connectivity index (χ4v) is 4.11. The lowest BCUT2D eigenvalue weighted by Crippen LogP contribution is -3.12. The van der Waals surface area contributed by atoms with E-state index in [-0.39, 0.29) is 24.8 Å². The van der Waals surface area contributed by atoms with Crippen molar-refractivity contribution >= 4 is 16.8 Å². The molecule has 5 rings (SSSR count). The molecule has 1 aliphatic heterocycles. The number of likely N-dealkylation sites (N-methyl/N-ethyl adjacent to an activating group) is 1. The number of imidazole rings is 2. The predicted molar refractivity (Wildman–Crippen MR) is 108 cm³/mol. The summed E-state index contributed by atoms with van der Waals surface area (Å²) in [7, 11) is 0. The molecule has 4 aromatic rings. The van der Waals surface area contributed by atoms with Gasteiger partial charge >= 0.3 is 5.78 Å². The maximum Gasteiger partial charge on any atom is 0.368 e. The lowest BCUT2D eigenvalue weighted by atomic mass is 10.1. The summed E-state index contributed by atoms with van der Waals surface area (Å²) in [5, 5.41) is 0. The molecule has 0 aliphatic carbocycles. The molecule has 0 unspecified atom stereocenters. The van der Waals surface area contributed by atoms with Gasteiger partial charge in [-0.15, -0.1) is 0 Å². The molecule has 3 heterocycles. The van der Waals surface area contributed by atoms with Crippen LogP contribution in [0.5, 0.6) is 11.5 Å². The van der Waals surface area contributed by atoms with Crippen LogP contribution in [0, 0.1) is 0 Å². The van der Waals surface area contributed by atoms with Crippen LogP contribution in [-0.4, -0.2) is 35.8 Å². The molecule has 0 spiro atoms. The fraction of sp³-hybridized carbons (Fsp3) is 0.318. The molecule has 0 atom stereocenters. The third-order valence-corrected chi connectivity index (χ3v) is 5.79. The van der Waals surface area contributed by atoms with Crippen LogP contribution in [-0.2, 0) is 6.54 Å². The van der Waals surface area contributed by atoms with E-state index in [1.165, 1.54) is 11.0 Å². The maximum absolute atomic E-state index is 5.55. The molecule has 2 N–H and O–H groups in total. The van der Waals surface area contributed by atoms with Crippen molar-refractivity contribution in [3.8, 4) is 22.8 Å². The van der Waals surface area contributed by atoms with E-state index >= 15 is 0 Å². The summed E-state index contributed by atoms with van der Waals surface area (Å²) in [6, 6.07) is 14.7. The zero-order chi connectivity index (χ0) is 19.1. The Labute approximate surface area is 188 Å². The highest BCUT2D eigenvalue weighted by Crippen LogP contribution is 2.35. The van der Waals surface area contributed by atoms with Gasteiger partial charge in [-0.3, -0.25) is 0 Å². The van der Waals surface area contributed by atoms with Crippen molar-refractivity contribution in [2.45, 2.75) is 20.4 Å². The van der Waals surface area contributed by atoms with Crippen molar-refractivity contribution in [2.24, 2.45) is 0 Å². The molecule has 1 aliphatic rings. The highest BCUT2D eigenvalue weighted by Gasteiger charge is 2.23. The molecule has 8 heteroatoms. The summed E-state index contributed by atoms with van der Waals surface area (Å²) < 4.78 is 15.6. The van der Waals surface area contributed by atoms with Crippen LogP contribution in [0.25, 0.3) is 28.1 Å². The largest absolute Gasteiger partial charge is 1.00 e. The number of halogens is 2. The highest BCUT2D eigenvalue weighted by atomic mass is 35.5. The molecule has 2 aromatic carbocycles. The number of hydrogen-bond acceptors (Lipinski definition) is 2. The molecule has 0 radical (unpaired) electrons. The Morgan fingerprint density at radius 1 is 1.03 bits per heavy atom. The minimum Gasteiger partial charge on any atom is -1.00 e. The Balaban J connectivity index is 0.00000128. The third-order valence-electron chi connectivity index (χ3n) is 5.79. The van der Waals surface area contributed by atoms with Gasteiger partial charge < -0.3 is 39.2 Å². The van der Waals surface area contributed by atoms with E-state index in [1.54, 1.807) is 4.90 Å². The number of fused-ring (bicyclic) bond motifs is 4. The molecule has 0 saturated carbocycles. The van der Waals surface area contributed by atoms with E-state index in [0.717, 1.165) is 54.7 Å². The van der Waals surface area contributed by atoms with Gasteiger partial charge in [0.1, 0.15) is 36.0 Å². The predicted octanol–water partition coefficient (Wildman–Crippen LogP) is -3.96. The molecule has 2 aromatic heterocycles. The summed E-state index contributed by atoms with van der Waals surface area (Å²) >= 11 is 0. The first-order chi connectivity index (χ1) is 13.8. The van der Waals surface area contributed by atoms with E-state index in [2.05, 4.69) is 64.3 Å². The van der Waals surface area contributed by atoms with E-state index in [4.69, 9.17) is 9.47 Å². The first-order valence-corrected chi connectivity index (χ1v) is 10.0. The minimum atomic E-state index is 0. The number of H-pyrrole nitrogens is 1. The Morgan fingerprint density at radius 2 is 1.80 bits per heavy atom. The van der Waals surface area contributed by atoms with E-state index in [9.17, 15) is 0 Å².